The number of rotatable bonds is 1. The molecule has 0 saturated carbocycles. The van der Waals surface area contributed by atoms with Crippen LogP contribution in [0.2, 0.25) is 0 Å². The van der Waals surface area contributed by atoms with Crippen LogP contribution in [0.25, 0.3) is 0 Å². The van der Waals surface area contributed by atoms with Crippen LogP contribution in [0.3, 0.4) is 0 Å². The highest BCUT2D eigenvalue weighted by atomic mass is 32.1. The second-order valence-corrected chi connectivity index (χ2v) is 4.98. The van der Waals surface area contributed by atoms with Crippen molar-refractivity contribution < 1.29 is 9.53 Å². The van der Waals surface area contributed by atoms with E-state index in [0.29, 0.717) is 23.2 Å². The standard InChI is InChI=1S/C13H9BO2S/c14-8-3-4-11-9(6-8)10(15)7-12(16-11)13-2-1-5-17-13/h1-6,12H,7H2. The monoisotopic (exact) mass is 240 g/mol. The lowest BCUT2D eigenvalue weighted by Gasteiger charge is -2.24. The van der Waals surface area contributed by atoms with Gasteiger partial charge in [0.25, 0.3) is 0 Å². The van der Waals surface area contributed by atoms with Crippen molar-refractivity contribution >= 4 is 30.4 Å². The van der Waals surface area contributed by atoms with Crippen molar-refractivity contribution in [3.8, 4) is 5.75 Å². The number of fused-ring (bicyclic) bond motifs is 1. The number of carbonyl (C=O) groups is 1. The number of ketones is 1. The summed E-state index contributed by atoms with van der Waals surface area (Å²) >= 11 is 1.61. The Hall–Kier alpha value is -1.55. The van der Waals surface area contributed by atoms with E-state index < -0.39 is 0 Å². The first kappa shape index (κ1) is 10.6. The van der Waals surface area contributed by atoms with E-state index in [0.717, 1.165) is 4.88 Å². The van der Waals surface area contributed by atoms with E-state index in [4.69, 9.17) is 12.6 Å². The van der Waals surface area contributed by atoms with Crippen LogP contribution in [0.5, 0.6) is 5.75 Å². The summed E-state index contributed by atoms with van der Waals surface area (Å²) in [6.07, 6.45) is 0.232. The van der Waals surface area contributed by atoms with Gasteiger partial charge in [0, 0.05) is 4.88 Å². The van der Waals surface area contributed by atoms with Gasteiger partial charge in [-0.25, -0.2) is 0 Å². The Bertz CT molecular complexity index is 563. The summed E-state index contributed by atoms with van der Waals surface area (Å²) in [6, 6.07) is 9.16. The van der Waals surface area contributed by atoms with Crippen molar-refractivity contribution in [2.75, 3.05) is 0 Å². The molecule has 1 aliphatic rings. The molecule has 82 valence electrons. The summed E-state index contributed by atoms with van der Waals surface area (Å²) in [7, 11) is 5.67. The van der Waals surface area contributed by atoms with E-state index in [9.17, 15) is 4.79 Å². The summed E-state index contributed by atoms with van der Waals surface area (Å²) in [5.74, 6) is 0.728. The van der Waals surface area contributed by atoms with Crippen LogP contribution in [-0.4, -0.2) is 13.6 Å². The Morgan fingerprint density at radius 3 is 3.00 bits per heavy atom. The molecule has 2 radical (unpaired) electrons. The van der Waals surface area contributed by atoms with Gasteiger partial charge in [0.2, 0.25) is 0 Å². The Labute approximate surface area is 105 Å². The molecule has 1 unspecified atom stereocenters. The molecule has 0 aliphatic carbocycles. The van der Waals surface area contributed by atoms with Crippen LogP contribution in [0.1, 0.15) is 27.8 Å². The average Bonchev–Trinajstić information content (AvgIpc) is 2.83. The van der Waals surface area contributed by atoms with E-state index >= 15 is 0 Å². The Kier molecular flexibility index (Phi) is 2.52. The van der Waals surface area contributed by atoms with E-state index in [1.165, 1.54) is 0 Å². The summed E-state index contributed by atoms with van der Waals surface area (Å²) in [5.41, 5.74) is 1.19. The maximum Gasteiger partial charge on any atom is 0.170 e. The lowest BCUT2D eigenvalue weighted by atomic mass is 9.90. The number of carbonyl (C=O) groups excluding carboxylic acids is 1. The first-order valence-electron chi connectivity index (χ1n) is 5.37. The van der Waals surface area contributed by atoms with Crippen LogP contribution in [-0.2, 0) is 0 Å². The van der Waals surface area contributed by atoms with E-state index in [1.54, 1.807) is 29.5 Å². The fraction of sp³-hybridized carbons (Fsp3) is 0.154. The molecular formula is C13H9BO2S. The minimum absolute atomic E-state index is 0.0944. The minimum atomic E-state index is -0.154. The van der Waals surface area contributed by atoms with Gasteiger partial charge in [-0.3, -0.25) is 4.79 Å². The molecule has 17 heavy (non-hydrogen) atoms. The van der Waals surface area contributed by atoms with Crippen LogP contribution >= 0.6 is 11.3 Å². The molecule has 0 bridgehead atoms. The maximum absolute atomic E-state index is 12.0. The zero-order valence-corrected chi connectivity index (χ0v) is 9.87. The maximum atomic E-state index is 12.0. The number of thiophene rings is 1. The molecule has 0 saturated heterocycles. The van der Waals surface area contributed by atoms with Crippen molar-refractivity contribution in [3.05, 3.63) is 46.2 Å². The largest absolute Gasteiger partial charge is 0.484 e. The molecular weight excluding hydrogens is 231 g/mol. The van der Waals surface area contributed by atoms with E-state index in [-0.39, 0.29) is 11.9 Å². The molecule has 1 atom stereocenters. The Morgan fingerprint density at radius 2 is 2.24 bits per heavy atom. The van der Waals surface area contributed by atoms with Crippen molar-refractivity contribution in [1.29, 1.82) is 0 Å². The van der Waals surface area contributed by atoms with Gasteiger partial charge in [-0.05, 0) is 17.5 Å². The van der Waals surface area contributed by atoms with Gasteiger partial charge >= 0.3 is 0 Å². The number of hydrogen-bond donors (Lipinski definition) is 0. The third kappa shape index (κ3) is 1.89. The van der Waals surface area contributed by atoms with Crippen LogP contribution in [0.4, 0.5) is 0 Å². The van der Waals surface area contributed by atoms with Crippen molar-refractivity contribution in [2.24, 2.45) is 0 Å². The van der Waals surface area contributed by atoms with Crippen LogP contribution < -0.4 is 10.2 Å². The lowest BCUT2D eigenvalue weighted by molar-refractivity contribution is 0.0854. The molecule has 0 spiro atoms. The van der Waals surface area contributed by atoms with E-state index in [1.807, 2.05) is 17.5 Å². The molecule has 1 aromatic carbocycles. The highest BCUT2D eigenvalue weighted by molar-refractivity contribution is 7.10. The SMILES string of the molecule is [B]c1ccc2c(c1)C(=O)CC(c1cccs1)O2. The molecule has 3 rings (SSSR count). The molecule has 0 fully saturated rings. The Morgan fingerprint density at radius 1 is 1.35 bits per heavy atom. The molecule has 0 N–H and O–H groups in total. The quantitative estimate of drug-likeness (QED) is 0.714. The number of Topliss-reactive ketones (excluding diaryl/α,β-unsaturated/α-hetero) is 1. The third-order valence-electron chi connectivity index (χ3n) is 2.80. The molecule has 1 aliphatic heterocycles. The lowest BCUT2D eigenvalue weighted by Crippen LogP contribution is -2.21. The van der Waals surface area contributed by atoms with Gasteiger partial charge in [0.1, 0.15) is 19.7 Å². The molecule has 0 amide bonds. The smallest absolute Gasteiger partial charge is 0.170 e. The predicted molar refractivity (Wildman–Crippen MR) is 68.5 cm³/mol. The summed E-state index contributed by atoms with van der Waals surface area (Å²) in [6.45, 7) is 0. The van der Waals surface area contributed by atoms with E-state index in [2.05, 4.69) is 0 Å². The number of ether oxygens (including phenoxy) is 1. The topological polar surface area (TPSA) is 26.3 Å². The van der Waals surface area contributed by atoms with Crippen molar-refractivity contribution in [3.63, 3.8) is 0 Å². The first-order valence-corrected chi connectivity index (χ1v) is 6.25. The van der Waals surface area contributed by atoms with Crippen LogP contribution in [0.15, 0.2) is 35.7 Å². The minimum Gasteiger partial charge on any atom is -0.484 e. The summed E-state index contributed by atoms with van der Waals surface area (Å²) in [4.78, 5) is 13.1. The highest BCUT2D eigenvalue weighted by Gasteiger charge is 2.27. The molecule has 2 nitrogen and oxygen atoms in total. The van der Waals surface area contributed by atoms with Gasteiger partial charge in [0.15, 0.2) is 5.78 Å². The number of hydrogen-bond acceptors (Lipinski definition) is 3. The normalized spacial score (nSPS) is 18.6. The summed E-state index contributed by atoms with van der Waals surface area (Å²) < 4.78 is 5.84. The van der Waals surface area contributed by atoms with Crippen LogP contribution in [0, 0.1) is 0 Å². The van der Waals surface area contributed by atoms with Gasteiger partial charge in [-0.15, -0.1) is 11.3 Å². The Balaban J connectivity index is 1.99. The second kappa shape index (κ2) is 4.04. The molecule has 4 heteroatoms. The highest BCUT2D eigenvalue weighted by Crippen LogP contribution is 2.35. The molecule has 1 aromatic heterocycles. The van der Waals surface area contributed by atoms with Gasteiger partial charge in [-0.2, -0.15) is 0 Å². The number of benzene rings is 1. The third-order valence-corrected chi connectivity index (χ3v) is 3.77. The van der Waals surface area contributed by atoms with Crippen molar-refractivity contribution in [1.82, 2.24) is 0 Å². The fourth-order valence-electron chi connectivity index (χ4n) is 1.97. The average molecular weight is 240 g/mol. The predicted octanol–water partition coefficient (Wildman–Crippen LogP) is 2.25. The van der Waals surface area contributed by atoms with Gasteiger partial charge in [-0.1, -0.05) is 23.7 Å². The molecule has 2 aromatic rings. The van der Waals surface area contributed by atoms with Crippen molar-refractivity contribution in [2.45, 2.75) is 12.5 Å². The van der Waals surface area contributed by atoms with Gasteiger partial charge in [0.05, 0.1) is 12.0 Å². The first-order chi connectivity index (χ1) is 8.24. The molecule has 2 heterocycles. The summed E-state index contributed by atoms with van der Waals surface area (Å²) in [5, 5.41) is 1.99. The fourth-order valence-corrected chi connectivity index (χ4v) is 2.73. The second-order valence-electron chi connectivity index (χ2n) is 4.00. The van der Waals surface area contributed by atoms with Gasteiger partial charge < -0.3 is 4.74 Å². The zero-order chi connectivity index (χ0) is 11.8. The zero-order valence-electron chi connectivity index (χ0n) is 9.05.